The fourth-order valence-corrected chi connectivity index (χ4v) is 5.27. The molecule has 1 aliphatic carbocycles. The lowest BCUT2D eigenvalue weighted by Gasteiger charge is -2.41. The molecule has 0 heterocycles. The molecule has 1 saturated carbocycles. The van der Waals surface area contributed by atoms with Crippen molar-refractivity contribution in [2.24, 2.45) is 16.7 Å². The van der Waals surface area contributed by atoms with Gasteiger partial charge in [-0.1, -0.05) is 92.7 Å². The Hall–Kier alpha value is -1.02. The van der Waals surface area contributed by atoms with Crippen molar-refractivity contribution in [3.8, 4) is 5.75 Å². The summed E-state index contributed by atoms with van der Waals surface area (Å²) in [5.41, 5.74) is 1.82. The maximum absolute atomic E-state index is 6.14. The van der Waals surface area contributed by atoms with Crippen LogP contribution >= 0.6 is 0 Å². The zero-order valence-electron chi connectivity index (χ0n) is 19.5. The lowest BCUT2D eigenvalue weighted by molar-refractivity contribution is -0.0856. The van der Waals surface area contributed by atoms with Gasteiger partial charge in [-0.25, -0.2) is 0 Å². The molecule has 2 heteroatoms. The molecule has 1 aliphatic rings. The molecule has 0 aromatic heterocycles. The van der Waals surface area contributed by atoms with Crippen molar-refractivity contribution in [1.29, 1.82) is 0 Å². The van der Waals surface area contributed by atoms with Gasteiger partial charge in [0.1, 0.15) is 5.75 Å². The van der Waals surface area contributed by atoms with E-state index in [1.807, 2.05) is 0 Å². The molecule has 28 heavy (non-hydrogen) atoms. The van der Waals surface area contributed by atoms with E-state index in [2.05, 4.69) is 72.7 Å². The van der Waals surface area contributed by atoms with Crippen LogP contribution in [0.3, 0.4) is 0 Å². The highest BCUT2D eigenvalue weighted by molar-refractivity contribution is 5.31. The predicted molar refractivity (Wildman–Crippen MR) is 120 cm³/mol. The van der Waals surface area contributed by atoms with Crippen LogP contribution in [0.4, 0.5) is 0 Å². The second kappa shape index (κ2) is 10.1. The number of benzene rings is 1. The lowest BCUT2D eigenvalue weighted by Crippen LogP contribution is -2.30. The molecule has 0 spiro atoms. The summed E-state index contributed by atoms with van der Waals surface area (Å²) >= 11 is 0. The molecule has 0 bridgehead atoms. The van der Waals surface area contributed by atoms with E-state index < -0.39 is 0 Å². The van der Waals surface area contributed by atoms with Gasteiger partial charge in [-0.2, -0.15) is 0 Å². The van der Waals surface area contributed by atoms with Gasteiger partial charge in [-0.15, -0.1) is 0 Å². The van der Waals surface area contributed by atoms with Crippen molar-refractivity contribution < 1.29 is 9.47 Å². The highest BCUT2D eigenvalue weighted by Gasteiger charge is 2.35. The van der Waals surface area contributed by atoms with E-state index in [0.717, 1.165) is 24.7 Å². The van der Waals surface area contributed by atoms with E-state index in [9.17, 15) is 0 Å². The molecule has 1 atom stereocenters. The standard InChI is InChI=1S/C26H44O2/c1-8-23(27-19-18-20-12-10-9-11-13-20)28-22-16-14-21(15-17-22)24(25(2,3)4)26(5,6)7/h14-17,20,23-24H,8-13,18-19H2,1-7H3. The van der Waals surface area contributed by atoms with Crippen LogP contribution in [-0.4, -0.2) is 12.9 Å². The van der Waals surface area contributed by atoms with Crippen molar-refractivity contribution in [3.63, 3.8) is 0 Å². The summed E-state index contributed by atoms with van der Waals surface area (Å²) < 4.78 is 12.2. The highest BCUT2D eigenvalue weighted by atomic mass is 16.7. The number of rotatable bonds is 8. The van der Waals surface area contributed by atoms with E-state index in [1.165, 1.54) is 44.1 Å². The van der Waals surface area contributed by atoms with Crippen LogP contribution < -0.4 is 4.74 Å². The third-order valence-electron chi connectivity index (χ3n) is 6.10. The molecule has 0 amide bonds. The van der Waals surface area contributed by atoms with Crippen LogP contribution in [-0.2, 0) is 4.74 Å². The highest BCUT2D eigenvalue weighted by Crippen LogP contribution is 2.47. The SMILES string of the molecule is CCC(OCCC1CCCCC1)Oc1ccc(C(C(C)(C)C)C(C)(C)C)cc1. The Morgan fingerprint density at radius 1 is 0.893 bits per heavy atom. The summed E-state index contributed by atoms with van der Waals surface area (Å²) in [6.45, 7) is 17.0. The second-order valence-corrected chi connectivity index (χ2v) is 10.9. The molecule has 0 radical (unpaired) electrons. The summed E-state index contributed by atoms with van der Waals surface area (Å²) in [5, 5.41) is 0. The first-order valence-electron chi connectivity index (χ1n) is 11.5. The molecular weight excluding hydrogens is 344 g/mol. The van der Waals surface area contributed by atoms with Gasteiger partial charge in [0, 0.05) is 6.42 Å². The van der Waals surface area contributed by atoms with Gasteiger partial charge in [0.25, 0.3) is 0 Å². The van der Waals surface area contributed by atoms with Crippen LogP contribution in [0.1, 0.15) is 105 Å². The third kappa shape index (κ3) is 7.10. The van der Waals surface area contributed by atoms with E-state index in [-0.39, 0.29) is 17.1 Å². The van der Waals surface area contributed by atoms with Crippen LogP contribution in [0.25, 0.3) is 0 Å². The summed E-state index contributed by atoms with van der Waals surface area (Å²) in [5.74, 6) is 2.26. The van der Waals surface area contributed by atoms with Gasteiger partial charge in [0.2, 0.25) is 0 Å². The molecule has 2 rings (SSSR count). The molecule has 0 aliphatic heterocycles. The minimum absolute atomic E-state index is 0.143. The van der Waals surface area contributed by atoms with Gasteiger partial charge < -0.3 is 9.47 Å². The average molecular weight is 389 g/mol. The van der Waals surface area contributed by atoms with E-state index in [0.29, 0.717) is 5.92 Å². The molecule has 1 unspecified atom stereocenters. The van der Waals surface area contributed by atoms with Gasteiger partial charge >= 0.3 is 0 Å². The van der Waals surface area contributed by atoms with E-state index in [4.69, 9.17) is 9.47 Å². The fourth-order valence-electron chi connectivity index (χ4n) is 5.27. The van der Waals surface area contributed by atoms with Crippen molar-refractivity contribution in [2.45, 2.75) is 106 Å². The summed E-state index contributed by atoms with van der Waals surface area (Å²) in [7, 11) is 0. The Kier molecular flexibility index (Phi) is 8.43. The topological polar surface area (TPSA) is 18.5 Å². The van der Waals surface area contributed by atoms with Crippen molar-refractivity contribution in [2.75, 3.05) is 6.61 Å². The van der Waals surface area contributed by atoms with Crippen LogP contribution in [0.5, 0.6) is 5.75 Å². The monoisotopic (exact) mass is 388 g/mol. The summed E-state index contributed by atoms with van der Waals surface area (Å²) in [6.07, 6.45) is 8.88. The lowest BCUT2D eigenvalue weighted by atomic mass is 9.64. The Bertz CT molecular complexity index is 542. The van der Waals surface area contributed by atoms with E-state index >= 15 is 0 Å². The van der Waals surface area contributed by atoms with Crippen LogP contribution in [0.15, 0.2) is 24.3 Å². The molecule has 0 saturated heterocycles. The molecule has 1 fully saturated rings. The quantitative estimate of drug-likeness (QED) is 0.420. The van der Waals surface area contributed by atoms with Crippen molar-refractivity contribution >= 4 is 0 Å². The van der Waals surface area contributed by atoms with Gasteiger partial charge in [-0.05, 0) is 46.8 Å². The number of hydrogen-bond acceptors (Lipinski definition) is 2. The van der Waals surface area contributed by atoms with Crippen LogP contribution in [0, 0.1) is 16.7 Å². The molecule has 2 nitrogen and oxygen atoms in total. The summed E-state index contributed by atoms with van der Waals surface area (Å²) in [6, 6.07) is 8.72. The van der Waals surface area contributed by atoms with Gasteiger partial charge in [-0.3, -0.25) is 0 Å². The van der Waals surface area contributed by atoms with Gasteiger partial charge in [0.05, 0.1) is 6.61 Å². The molecule has 0 N–H and O–H groups in total. The van der Waals surface area contributed by atoms with Gasteiger partial charge in [0.15, 0.2) is 6.29 Å². The maximum atomic E-state index is 6.14. The fraction of sp³-hybridized carbons (Fsp3) is 0.769. The molecule has 160 valence electrons. The Morgan fingerprint density at radius 3 is 1.96 bits per heavy atom. The largest absolute Gasteiger partial charge is 0.465 e. The minimum atomic E-state index is -0.143. The first kappa shape index (κ1) is 23.3. The minimum Gasteiger partial charge on any atom is -0.465 e. The second-order valence-electron chi connectivity index (χ2n) is 10.9. The molecule has 1 aromatic rings. The Morgan fingerprint density at radius 2 is 1.46 bits per heavy atom. The molecular formula is C26H44O2. The first-order valence-corrected chi connectivity index (χ1v) is 11.5. The number of ether oxygens (including phenoxy) is 2. The Labute approximate surface area is 174 Å². The average Bonchev–Trinajstić information content (AvgIpc) is 2.61. The third-order valence-corrected chi connectivity index (χ3v) is 6.10. The Balaban J connectivity index is 1.92. The van der Waals surface area contributed by atoms with Crippen molar-refractivity contribution in [3.05, 3.63) is 29.8 Å². The molecule has 1 aromatic carbocycles. The van der Waals surface area contributed by atoms with Crippen LogP contribution in [0.2, 0.25) is 0 Å². The zero-order chi connectivity index (χ0) is 20.8. The maximum Gasteiger partial charge on any atom is 0.199 e. The summed E-state index contributed by atoms with van der Waals surface area (Å²) in [4.78, 5) is 0. The normalized spacial score (nSPS) is 17.7. The van der Waals surface area contributed by atoms with Crippen molar-refractivity contribution in [1.82, 2.24) is 0 Å². The first-order chi connectivity index (χ1) is 13.1. The zero-order valence-corrected chi connectivity index (χ0v) is 19.5. The number of hydrogen-bond donors (Lipinski definition) is 0. The predicted octanol–water partition coefficient (Wildman–Crippen LogP) is 7.96. The van der Waals surface area contributed by atoms with E-state index in [1.54, 1.807) is 0 Å². The smallest absolute Gasteiger partial charge is 0.199 e.